The highest BCUT2D eigenvalue weighted by atomic mass is 16.5. The number of carbonyl (C=O) groups is 2. The Morgan fingerprint density at radius 3 is 2.54 bits per heavy atom. The van der Waals surface area contributed by atoms with E-state index in [1.165, 1.54) is 0 Å². The third-order valence-electron chi connectivity index (χ3n) is 1.13. The molecule has 0 aliphatic rings. The lowest BCUT2D eigenvalue weighted by Crippen LogP contribution is -2.24. The van der Waals surface area contributed by atoms with Gasteiger partial charge in [-0.2, -0.15) is 0 Å². The maximum absolute atomic E-state index is 10.9. The Hall–Kier alpha value is -1.36. The first-order valence-corrected chi connectivity index (χ1v) is 3.75. The molecule has 0 radical (unpaired) electrons. The van der Waals surface area contributed by atoms with Gasteiger partial charge in [-0.25, -0.2) is 4.79 Å². The molecular weight excluding hydrogens is 174 g/mol. The van der Waals surface area contributed by atoms with E-state index in [2.05, 4.69) is 11.3 Å². The first kappa shape index (κ1) is 11.6. The van der Waals surface area contributed by atoms with Gasteiger partial charge < -0.3 is 15.6 Å². The van der Waals surface area contributed by atoms with Gasteiger partial charge in [0, 0.05) is 11.6 Å². The maximum atomic E-state index is 10.9. The molecule has 0 saturated heterocycles. The van der Waals surface area contributed by atoms with Crippen molar-refractivity contribution in [3.63, 3.8) is 0 Å². The van der Waals surface area contributed by atoms with Crippen LogP contribution >= 0.6 is 0 Å². The molecule has 0 rings (SSSR count). The molecular formula is C8H13NO4. The first-order chi connectivity index (χ1) is 5.93. The number of hydrogen-bond donors (Lipinski definition) is 2. The highest BCUT2D eigenvalue weighted by Gasteiger charge is 2.12. The zero-order valence-electron chi connectivity index (χ0n) is 7.45. The summed E-state index contributed by atoms with van der Waals surface area (Å²) in [5.74, 6) is -1.82. The van der Waals surface area contributed by atoms with E-state index in [1.807, 2.05) is 0 Å². The van der Waals surface area contributed by atoms with Crippen molar-refractivity contribution in [3.05, 3.63) is 12.2 Å². The van der Waals surface area contributed by atoms with Crippen molar-refractivity contribution in [1.82, 2.24) is 0 Å². The Morgan fingerprint density at radius 2 is 2.15 bits per heavy atom. The molecule has 13 heavy (non-hydrogen) atoms. The average Bonchev–Trinajstić information content (AvgIpc) is 1.98. The highest BCUT2D eigenvalue weighted by Crippen LogP contribution is 2.00. The van der Waals surface area contributed by atoms with E-state index in [0.29, 0.717) is 0 Å². The molecule has 0 aromatic heterocycles. The molecule has 0 aliphatic carbocycles. The molecule has 0 saturated carbocycles. The normalized spacial score (nSPS) is 11.8. The zero-order chi connectivity index (χ0) is 10.4. The van der Waals surface area contributed by atoms with Crippen LogP contribution in [-0.2, 0) is 14.3 Å². The van der Waals surface area contributed by atoms with Gasteiger partial charge in [-0.15, -0.1) is 0 Å². The molecule has 5 nitrogen and oxygen atoms in total. The summed E-state index contributed by atoms with van der Waals surface area (Å²) in [5.41, 5.74) is 5.24. The monoisotopic (exact) mass is 187 g/mol. The van der Waals surface area contributed by atoms with E-state index >= 15 is 0 Å². The zero-order valence-corrected chi connectivity index (χ0v) is 7.45. The van der Waals surface area contributed by atoms with Crippen molar-refractivity contribution in [1.29, 1.82) is 0 Å². The molecule has 1 atom stereocenters. The molecule has 0 fully saturated rings. The number of carbonyl (C=O) groups excluding carboxylic acids is 1. The van der Waals surface area contributed by atoms with Crippen LogP contribution in [-0.4, -0.2) is 29.7 Å². The Morgan fingerprint density at radius 1 is 1.62 bits per heavy atom. The Labute approximate surface area is 76.2 Å². The van der Waals surface area contributed by atoms with E-state index in [1.54, 1.807) is 6.92 Å². The van der Waals surface area contributed by atoms with E-state index in [9.17, 15) is 9.59 Å². The first-order valence-electron chi connectivity index (χ1n) is 3.75. The minimum atomic E-state index is -1.11. The number of nitrogens with two attached hydrogens (primary N) is 1. The summed E-state index contributed by atoms with van der Waals surface area (Å²) in [4.78, 5) is 21.1. The van der Waals surface area contributed by atoms with Crippen LogP contribution in [0.25, 0.3) is 0 Å². The van der Waals surface area contributed by atoms with Crippen LogP contribution in [0.4, 0.5) is 0 Å². The Kier molecular flexibility index (Phi) is 4.76. The molecule has 5 heteroatoms. The van der Waals surface area contributed by atoms with Gasteiger partial charge in [-0.3, -0.25) is 4.79 Å². The molecule has 1 unspecified atom stereocenters. The number of hydrogen-bond acceptors (Lipinski definition) is 4. The van der Waals surface area contributed by atoms with E-state index in [0.717, 1.165) is 0 Å². The summed E-state index contributed by atoms with van der Waals surface area (Å²) >= 11 is 0. The number of carboxylic acids is 1. The number of ether oxygens (including phenoxy) is 1. The van der Waals surface area contributed by atoms with Gasteiger partial charge >= 0.3 is 11.9 Å². The molecule has 74 valence electrons. The summed E-state index contributed by atoms with van der Waals surface area (Å²) < 4.78 is 4.64. The molecule has 0 amide bonds. The van der Waals surface area contributed by atoms with Crippen molar-refractivity contribution < 1.29 is 19.4 Å². The summed E-state index contributed by atoms with van der Waals surface area (Å²) in [6, 6.07) is -0.262. The van der Waals surface area contributed by atoms with Crippen molar-refractivity contribution in [2.24, 2.45) is 5.73 Å². The van der Waals surface area contributed by atoms with E-state index in [4.69, 9.17) is 10.8 Å². The summed E-state index contributed by atoms with van der Waals surface area (Å²) in [7, 11) is 0. The van der Waals surface area contributed by atoms with Crippen molar-refractivity contribution in [3.8, 4) is 0 Å². The second kappa shape index (κ2) is 5.31. The van der Waals surface area contributed by atoms with Crippen LogP contribution in [0.3, 0.4) is 0 Å². The van der Waals surface area contributed by atoms with Gasteiger partial charge in [0.05, 0.1) is 6.42 Å². The maximum Gasteiger partial charge on any atom is 0.334 e. The van der Waals surface area contributed by atoms with Crippen LogP contribution in [0.1, 0.15) is 13.3 Å². The fourth-order valence-electron chi connectivity index (χ4n) is 0.564. The molecule has 0 aliphatic heterocycles. The predicted octanol–water partition coefficient (Wildman–Crippen LogP) is -0.0923. The average molecular weight is 187 g/mol. The largest absolute Gasteiger partial charge is 0.481 e. The Bertz CT molecular complexity index is 222. The van der Waals surface area contributed by atoms with Gasteiger partial charge in [-0.05, 0) is 6.92 Å². The molecule has 3 N–H and O–H groups in total. The number of aliphatic carboxylic acids is 1. The van der Waals surface area contributed by atoms with Crippen LogP contribution in [0.2, 0.25) is 0 Å². The van der Waals surface area contributed by atoms with Gasteiger partial charge in [0.1, 0.15) is 6.61 Å². The van der Waals surface area contributed by atoms with Crippen molar-refractivity contribution in [2.75, 3.05) is 6.61 Å². The fraction of sp³-hybridized carbons (Fsp3) is 0.500. The smallest absolute Gasteiger partial charge is 0.334 e. The number of carboxylic acid groups (broad SMARTS) is 1. The van der Waals surface area contributed by atoms with Crippen LogP contribution in [0, 0.1) is 0 Å². The van der Waals surface area contributed by atoms with Gasteiger partial charge in [0.15, 0.2) is 0 Å². The van der Waals surface area contributed by atoms with Crippen molar-refractivity contribution in [2.45, 2.75) is 19.4 Å². The molecule has 0 heterocycles. The minimum absolute atomic E-state index is 0.0669. The standard InChI is InChI=1S/C8H13NO4/c1-5(3-7(10)11)8(12)13-4-6(2)9/h6H,1,3-4,9H2,2H3,(H,10,11). The fourth-order valence-corrected chi connectivity index (χ4v) is 0.564. The van der Waals surface area contributed by atoms with Crippen molar-refractivity contribution >= 4 is 11.9 Å². The van der Waals surface area contributed by atoms with Gasteiger partial charge in [-0.1, -0.05) is 6.58 Å². The highest BCUT2D eigenvalue weighted by molar-refractivity contribution is 5.92. The predicted molar refractivity (Wildman–Crippen MR) is 46.0 cm³/mol. The Balaban J connectivity index is 3.83. The second-order valence-electron chi connectivity index (χ2n) is 2.75. The second-order valence-corrected chi connectivity index (χ2v) is 2.75. The SMILES string of the molecule is C=C(CC(=O)O)C(=O)OCC(C)N. The molecule has 0 aromatic rings. The number of esters is 1. The third-order valence-corrected chi connectivity index (χ3v) is 1.13. The minimum Gasteiger partial charge on any atom is -0.481 e. The lowest BCUT2D eigenvalue weighted by molar-refractivity contribution is -0.143. The quantitative estimate of drug-likeness (QED) is 0.463. The lowest BCUT2D eigenvalue weighted by Gasteiger charge is -2.07. The van der Waals surface area contributed by atoms with Gasteiger partial charge in [0.25, 0.3) is 0 Å². The summed E-state index contributed by atoms with van der Waals surface area (Å²) in [6.07, 6.45) is -0.405. The van der Waals surface area contributed by atoms with Crippen LogP contribution in [0.5, 0.6) is 0 Å². The molecule has 0 bridgehead atoms. The number of rotatable bonds is 5. The van der Waals surface area contributed by atoms with Crippen LogP contribution < -0.4 is 5.73 Å². The summed E-state index contributed by atoms with van der Waals surface area (Å²) in [6.45, 7) is 5.02. The van der Waals surface area contributed by atoms with Gasteiger partial charge in [0.2, 0.25) is 0 Å². The topological polar surface area (TPSA) is 89.6 Å². The van der Waals surface area contributed by atoms with Crippen LogP contribution in [0.15, 0.2) is 12.2 Å². The third kappa shape index (κ3) is 5.86. The molecule has 0 aromatic carbocycles. The summed E-state index contributed by atoms with van der Waals surface area (Å²) in [5, 5.41) is 8.32. The lowest BCUT2D eigenvalue weighted by atomic mass is 10.2. The molecule has 0 spiro atoms. The van der Waals surface area contributed by atoms with E-state index < -0.39 is 18.4 Å². The van der Waals surface area contributed by atoms with E-state index in [-0.39, 0.29) is 18.2 Å².